The van der Waals surface area contributed by atoms with Crippen LogP contribution in [0.15, 0.2) is 65.8 Å². The number of carbonyl (C=O) groups is 1. The molecule has 0 spiro atoms. The molecule has 1 N–H and O–H groups in total. The molecule has 0 aliphatic rings. The lowest BCUT2D eigenvalue weighted by Crippen LogP contribution is -2.28. The highest BCUT2D eigenvalue weighted by atomic mass is 35.5. The Balaban J connectivity index is 1.61. The molecule has 9 heteroatoms. The molecule has 0 atom stereocenters. The fourth-order valence-corrected chi connectivity index (χ4v) is 2.93. The summed E-state index contributed by atoms with van der Waals surface area (Å²) < 4.78 is 16.4. The van der Waals surface area contributed by atoms with Crippen molar-refractivity contribution < 1.29 is 9.18 Å². The number of rotatable bonds is 4. The number of benzene rings is 2. The molecule has 4 aromatic rings. The van der Waals surface area contributed by atoms with E-state index < -0.39 is 17.3 Å². The third-order valence-corrected chi connectivity index (χ3v) is 4.31. The summed E-state index contributed by atoms with van der Waals surface area (Å²) in [5.41, 5.74) is 0.662. The van der Waals surface area contributed by atoms with Crippen LogP contribution in [0.5, 0.6) is 0 Å². The summed E-state index contributed by atoms with van der Waals surface area (Å²) in [5, 5.41) is 7.16. The van der Waals surface area contributed by atoms with E-state index in [9.17, 15) is 14.0 Å². The first-order valence-corrected chi connectivity index (χ1v) is 8.64. The van der Waals surface area contributed by atoms with Crippen molar-refractivity contribution in [1.82, 2.24) is 19.3 Å². The molecule has 0 bridgehead atoms. The third-order valence-electron chi connectivity index (χ3n) is 4.07. The Kier molecular flexibility index (Phi) is 4.62. The van der Waals surface area contributed by atoms with E-state index in [-0.39, 0.29) is 22.6 Å². The van der Waals surface area contributed by atoms with Crippen molar-refractivity contribution in [2.45, 2.75) is 6.54 Å². The van der Waals surface area contributed by atoms with Gasteiger partial charge < -0.3 is 5.32 Å². The molecule has 0 aliphatic heterocycles. The summed E-state index contributed by atoms with van der Waals surface area (Å²) in [5.74, 6) is -1.21. The summed E-state index contributed by atoms with van der Waals surface area (Å²) in [7, 11) is 0. The minimum atomic E-state index is -0.622. The number of hydrogen-bond acceptors (Lipinski definition) is 4. The number of anilines is 1. The van der Waals surface area contributed by atoms with Crippen molar-refractivity contribution in [1.29, 1.82) is 0 Å². The molecule has 140 valence electrons. The van der Waals surface area contributed by atoms with E-state index in [1.54, 1.807) is 4.68 Å². The van der Waals surface area contributed by atoms with Crippen molar-refractivity contribution >= 4 is 34.2 Å². The van der Waals surface area contributed by atoms with E-state index in [4.69, 9.17) is 11.6 Å². The van der Waals surface area contributed by atoms with Crippen LogP contribution in [-0.2, 0) is 11.3 Å². The highest BCUT2D eigenvalue weighted by Gasteiger charge is 2.14. The maximum absolute atomic E-state index is 13.8. The van der Waals surface area contributed by atoms with E-state index in [2.05, 4.69) is 15.4 Å². The number of hydrogen-bond donors (Lipinski definition) is 1. The zero-order valence-electron chi connectivity index (χ0n) is 14.3. The van der Waals surface area contributed by atoms with Gasteiger partial charge in [-0.05, 0) is 30.3 Å². The van der Waals surface area contributed by atoms with Crippen LogP contribution in [0, 0.1) is 5.82 Å². The second kappa shape index (κ2) is 7.24. The van der Waals surface area contributed by atoms with Gasteiger partial charge in [0.25, 0.3) is 5.56 Å². The lowest BCUT2D eigenvalue weighted by molar-refractivity contribution is -0.116. The van der Waals surface area contributed by atoms with Gasteiger partial charge in [-0.3, -0.25) is 14.2 Å². The fraction of sp³-hybridized carbons (Fsp3) is 0.0526. The van der Waals surface area contributed by atoms with Crippen LogP contribution in [-0.4, -0.2) is 25.2 Å². The molecule has 0 saturated carbocycles. The minimum Gasteiger partial charge on any atom is -0.322 e. The number of nitrogens with one attached hydrogen (secondary N) is 1. The van der Waals surface area contributed by atoms with Crippen LogP contribution >= 0.6 is 11.6 Å². The van der Waals surface area contributed by atoms with Crippen LogP contribution < -0.4 is 10.9 Å². The molecule has 0 saturated heterocycles. The Morgan fingerprint density at radius 1 is 1.18 bits per heavy atom. The Hall–Kier alpha value is -3.52. The molecular formula is C19H13ClFN5O2. The maximum Gasteiger partial charge on any atom is 0.264 e. The quantitative estimate of drug-likeness (QED) is 0.574. The molecule has 2 heterocycles. The molecule has 0 fully saturated rings. The number of para-hydroxylation sites is 1. The van der Waals surface area contributed by atoms with Gasteiger partial charge in [0.15, 0.2) is 5.65 Å². The fourth-order valence-electron chi connectivity index (χ4n) is 2.76. The first-order chi connectivity index (χ1) is 13.5. The van der Waals surface area contributed by atoms with Gasteiger partial charge >= 0.3 is 0 Å². The molecule has 0 radical (unpaired) electrons. The second-order valence-corrected chi connectivity index (χ2v) is 6.42. The van der Waals surface area contributed by atoms with Gasteiger partial charge in [-0.2, -0.15) is 5.10 Å². The van der Waals surface area contributed by atoms with Crippen LogP contribution in [0.3, 0.4) is 0 Å². The number of amides is 1. The molecule has 0 unspecified atom stereocenters. The molecule has 28 heavy (non-hydrogen) atoms. The topological polar surface area (TPSA) is 81.8 Å². The molecule has 2 aromatic heterocycles. The van der Waals surface area contributed by atoms with Gasteiger partial charge in [-0.1, -0.05) is 29.8 Å². The maximum atomic E-state index is 13.8. The Bertz CT molecular complexity index is 1240. The van der Waals surface area contributed by atoms with E-state index in [1.165, 1.54) is 24.7 Å². The second-order valence-electron chi connectivity index (χ2n) is 5.98. The van der Waals surface area contributed by atoms with E-state index >= 15 is 0 Å². The number of halogens is 2. The van der Waals surface area contributed by atoms with Crippen molar-refractivity contribution in [2.75, 3.05) is 5.32 Å². The smallest absolute Gasteiger partial charge is 0.264 e. The predicted molar refractivity (Wildman–Crippen MR) is 103 cm³/mol. The molecular weight excluding hydrogens is 385 g/mol. The third kappa shape index (κ3) is 3.37. The summed E-state index contributed by atoms with van der Waals surface area (Å²) >= 11 is 5.81. The monoisotopic (exact) mass is 397 g/mol. The van der Waals surface area contributed by atoms with Crippen molar-refractivity contribution in [3.63, 3.8) is 0 Å². The van der Waals surface area contributed by atoms with Crippen LogP contribution in [0.2, 0.25) is 5.02 Å². The average molecular weight is 398 g/mol. The average Bonchev–Trinajstić information content (AvgIpc) is 3.12. The summed E-state index contributed by atoms with van der Waals surface area (Å²) in [4.78, 5) is 29.2. The molecule has 1 amide bonds. The van der Waals surface area contributed by atoms with Gasteiger partial charge in [-0.15, -0.1) is 0 Å². The Morgan fingerprint density at radius 2 is 1.96 bits per heavy atom. The zero-order valence-corrected chi connectivity index (χ0v) is 15.1. The van der Waals surface area contributed by atoms with Gasteiger partial charge in [0.1, 0.15) is 24.1 Å². The predicted octanol–water partition coefficient (Wildman–Crippen LogP) is 3.01. The Labute approximate surface area is 163 Å². The highest BCUT2D eigenvalue weighted by molar-refractivity contribution is 6.30. The van der Waals surface area contributed by atoms with Crippen molar-refractivity contribution in [2.24, 2.45) is 0 Å². The lowest BCUT2D eigenvalue weighted by Gasteiger charge is -2.09. The first-order valence-electron chi connectivity index (χ1n) is 8.26. The molecule has 4 rings (SSSR count). The first kappa shape index (κ1) is 17.9. The molecule has 7 nitrogen and oxygen atoms in total. The zero-order chi connectivity index (χ0) is 19.7. The lowest BCUT2D eigenvalue weighted by atomic mass is 10.3. The SMILES string of the molecule is O=C(Cn1cnc2c(cnn2-c2ccccc2)c1=O)Nc1cc(Cl)ccc1F. The normalized spacial score (nSPS) is 10.9. The van der Waals surface area contributed by atoms with Gasteiger partial charge in [0, 0.05) is 5.02 Å². The van der Waals surface area contributed by atoms with Gasteiger partial charge in [0.05, 0.1) is 17.6 Å². The minimum absolute atomic E-state index is 0.0588. The summed E-state index contributed by atoms with van der Waals surface area (Å²) in [6.07, 6.45) is 2.67. The summed E-state index contributed by atoms with van der Waals surface area (Å²) in [6.45, 7) is -0.329. The number of nitrogens with zero attached hydrogens (tertiary/aromatic N) is 4. The van der Waals surface area contributed by atoms with Crippen molar-refractivity contribution in [3.05, 3.63) is 82.2 Å². The van der Waals surface area contributed by atoms with Crippen LogP contribution in [0.25, 0.3) is 16.7 Å². The number of fused-ring (bicyclic) bond motifs is 1. The Morgan fingerprint density at radius 3 is 2.75 bits per heavy atom. The van der Waals surface area contributed by atoms with Crippen molar-refractivity contribution in [3.8, 4) is 5.69 Å². The van der Waals surface area contributed by atoms with E-state index in [1.807, 2.05) is 30.3 Å². The largest absolute Gasteiger partial charge is 0.322 e. The summed E-state index contributed by atoms with van der Waals surface area (Å²) in [6, 6.07) is 13.1. The molecule has 0 aliphatic carbocycles. The van der Waals surface area contributed by atoms with Gasteiger partial charge in [0.2, 0.25) is 5.91 Å². The van der Waals surface area contributed by atoms with E-state index in [0.717, 1.165) is 16.3 Å². The number of carbonyl (C=O) groups excluding carboxylic acids is 1. The standard InChI is InChI=1S/C19H13ClFN5O2/c20-12-6-7-15(21)16(8-12)24-17(27)10-25-11-22-18-14(19(25)28)9-23-26(18)13-4-2-1-3-5-13/h1-9,11H,10H2,(H,24,27). The van der Waals surface area contributed by atoms with Crippen LogP contribution in [0.4, 0.5) is 10.1 Å². The van der Waals surface area contributed by atoms with Crippen LogP contribution in [0.1, 0.15) is 0 Å². The number of aromatic nitrogens is 4. The molecule has 2 aromatic carbocycles. The van der Waals surface area contributed by atoms with Gasteiger partial charge in [-0.25, -0.2) is 14.1 Å². The highest BCUT2D eigenvalue weighted by Crippen LogP contribution is 2.19. The van der Waals surface area contributed by atoms with E-state index in [0.29, 0.717) is 5.65 Å².